The molecule has 0 aliphatic carbocycles. The van der Waals surface area contributed by atoms with E-state index in [0.717, 1.165) is 17.1 Å². The second-order valence-corrected chi connectivity index (χ2v) is 6.32. The van der Waals surface area contributed by atoms with Crippen molar-refractivity contribution in [3.8, 4) is 5.75 Å². The molecule has 0 unspecified atom stereocenters. The second kappa shape index (κ2) is 9.26. The molecule has 0 atom stereocenters. The molecule has 0 saturated carbocycles. The molecule has 2 aromatic carbocycles. The predicted octanol–water partition coefficient (Wildman–Crippen LogP) is 3.94. The van der Waals surface area contributed by atoms with Crippen LogP contribution in [0.15, 0.2) is 48.5 Å². The predicted molar refractivity (Wildman–Crippen MR) is 96.8 cm³/mol. The number of rotatable bonds is 8. The number of aryl methyl sites for hydroxylation is 1. The maximum absolute atomic E-state index is 11.9. The first-order chi connectivity index (χ1) is 11.2. The number of ether oxygens (including phenoxy) is 1. The summed E-state index contributed by atoms with van der Waals surface area (Å²) in [5.74, 6) is 2.23. The molecule has 23 heavy (non-hydrogen) atoms. The van der Waals surface area contributed by atoms with Gasteiger partial charge in [0.15, 0.2) is 0 Å². The van der Waals surface area contributed by atoms with Crippen LogP contribution in [0.4, 0.5) is 0 Å². The van der Waals surface area contributed by atoms with Gasteiger partial charge < -0.3 is 10.1 Å². The minimum Gasteiger partial charge on any atom is -0.494 e. The molecule has 0 radical (unpaired) electrons. The first-order valence-corrected chi connectivity index (χ1v) is 8.94. The maximum atomic E-state index is 11.9. The van der Waals surface area contributed by atoms with Gasteiger partial charge in [-0.25, -0.2) is 0 Å². The topological polar surface area (TPSA) is 38.3 Å². The summed E-state index contributed by atoms with van der Waals surface area (Å²) in [5.41, 5.74) is 3.55. The van der Waals surface area contributed by atoms with Crippen LogP contribution < -0.4 is 10.1 Å². The van der Waals surface area contributed by atoms with Gasteiger partial charge in [0.25, 0.3) is 0 Å². The van der Waals surface area contributed by atoms with Gasteiger partial charge in [0.2, 0.25) is 5.91 Å². The van der Waals surface area contributed by atoms with Crippen LogP contribution in [-0.2, 0) is 17.1 Å². The van der Waals surface area contributed by atoms with E-state index in [0.29, 0.717) is 18.9 Å². The highest BCUT2D eigenvalue weighted by atomic mass is 32.2. The molecule has 0 aliphatic rings. The third kappa shape index (κ3) is 6.37. The standard InChI is InChI=1S/C19H23NO2S/c1-3-22-18-6-4-5-17(11-18)12-20-19(21)14-23-13-16-9-7-15(2)8-10-16/h4-11H,3,12-14H2,1-2H3,(H,20,21). The Hall–Kier alpha value is -1.94. The van der Waals surface area contributed by atoms with Crippen LogP contribution >= 0.6 is 11.8 Å². The SMILES string of the molecule is CCOc1cccc(CNC(=O)CSCc2ccc(C)cc2)c1. The quantitative estimate of drug-likeness (QED) is 0.797. The molecule has 2 aromatic rings. The lowest BCUT2D eigenvalue weighted by atomic mass is 10.2. The highest BCUT2D eigenvalue weighted by molar-refractivity contribution is 7.99. The van der Waals surface area contributed by atoms with Crippen molar-refractivity contribution in [1.82, 2.24) is 5.32 Å². The molecule has 0 bridgehead atoms. The smallest absolute Gasteiger partial charge is 0.230 e. The van der Waals surface area contributed by atoms with Crippen molar-refractivity contribution in [2.24, 2.45) is 0 Å². The molecular formula is C19H23NO2S. The Morgan fingerprint density at radius 3 is 2.65 bits per heavy atom. The van der Waals surface area contributed by atoms with Crippen LogP contribution in [0.2, 0.25) is 0 Å². The van der Waals surface area contributed by atoms with Crippen LogP contribution in [0.5, 0.6) is 5.75 Å². The first-order valence-electron chi connectivity index (χ1n) is 7.79. The lowest BCUT2D eigenvalue weighted by Gasteiger charge is -2.08. The Bertz CT molecular complexity index is 626. The summed E-state index contributed by atoms with van der Waals surface area (Å²) in [6.45, 7) is 5.21. The van der Waals surface area contributed by atoms with Gasteiger partial charge in [0.1, 0.15) is 5.75 Å². The summed E-state index contributed by atoms with van der Waals surface area (Å²) in [6.07, 6.45) is 0. The maximum Gasteiger partial charge on any atom is 0.230 e. The summed E-state index contributed by atoms with van der Waals surface area (Å²) in [4.78, 5) is 11.9. The summed E-state index contributed by atoms with van der Waals surface area (Å²) >= 11 is 1.63. The van der Waals surface area contributed by atoms with Crippen molar-refractivity contribution in [2.75, 3.05) is 12.4 Å². The number of carbonyl (C=O) groups excluding carboxylic acids is 1. The van der Waals surface area contributed by atoms with Gasteiger partial charge in [0.05, 0.1) is 12.4 Å². The van der Waals surface area contributed by atoms with Crippen molar-refractivity contribution in [2.45, 2.75) is 26.1 Å². The average molecular weight is 329 g/mol. The van der Waals surface area contributed by atoms with Gasteiger partial charge in [-0.3, -0.25) is 4.79 Å². The van der Waals surface area contributed by atoms with E-state index in [-0.39, 0.29) is 5.91 Å². The summed E-state index contributed by atoms with van der Waals surface area (Å²) in [5, 5.41) is 2.95. The van der Waals surface area contributed by atoms with E-state index in [1.165, 1.54) is 11.1 Å². The van der Waals surface area contributed by atoms with Crippen LogP contribution in [0.1, 0.15) is 23.6 Å². The van der Waals surface area contributed by atoms with Crippen molar-refractivity contribution < 1.29 is 9.53 Å². The van der Waals surface area contributed by atoms with Gasteiger partial charge in [-0.05, 0) is 37.1 Å². The fourth-order valence-corrected chi connectivity index (χ4v) is 2.93. The molecule has 122 valence electrons. The molecule has 4 heteroatoms. The molecule has 0 aromatic heterocycles. The summed E-state index contributed by atoms with van der Waals surface area (Å²) in [6, 6.07) is 16.2. The van der Waals surface area contributed by atoms with Crippen LogP contribution in [0.3, 0.4) is 0 Å². The second-order valence-electron chi connectivity index (χ2n) is 5.34. The minimum absolute atomic E-state index is 0.0592. The Balaban J connectivity index is 1.70. The molecule has 3 nitrogen and oxygen atoms in total. The van der Waals surface area contributed by atoms with Gasteiger partial charge in [0, 0.05) is 12.3 Å². The van der Waals surface area contributed by atoms with Crippen molar-refractivity contribution in [3.05, 3.63) is 65.2 Å². The average Bonchev–Trinajstić information content (AvgIpc) is 2.55. The van der Waals surface area contributed by atoms with E-state index in [1.54, 1.807) is 11.8 Å². The van der Waals surface area contributed by atoms with Crippen molar-refractivity contribution >= 4 is 17.7 Å². The third-order valence-corrected chi connectivity index (χ3v) is 4.33. The lowest BCUT2D eigenvalue weighted by molar-refractivity contribution is -0.118. The van der Waals surface area contributed by atoms with Crippen LogP contribution in [0.25, 0.3) is 0 Å². The molecule has 0 saturated heterocycles. The third-order valence-electron chi connectivity index (χ3n) is 3.32. The monoisotopic (exact) mass is 329 g/mol. The van der Waals surface area contributed by atoms with Gasteiger partial charge >= 0.3 is 0 Å². The molecule has 0 aliphatic heterocycles. The molecule has 1 amide bonds. The van der Waals surface area contributed by atoms with E-state index in [1.807, 2.05) is 31.2 Å². The Labute approximate surface area is 142 Å². The van der Waals surface area contributed by atoms with E-state index in [9.17, 15) is 4.79 Å². The van der Waals surface area contributed by atoms with Crippen LogP contribution in [0, 0.1) is 6.92 Å². The number of thioether (sulfide) groups is 1. The molecular weight excluding hydrogens is 306 g/mol. The van der Waals surface area contributed by atoms with Crippen LogP contribution in [-0.4, -0.2) is 18.3 Å². The number of benzene rings is 2. The van der Waals surface area contributed by atoms with E-state index in [2.05, 4.69) is 36.5 Å². The fraction of sp³-hybridized carbons (Fsp3) is 0.316. The zero-order valence-corrected chi connectivity index (χ0v) is 14.5. The minimum atomic E-state index is 0.0592. The number of hydrogen-bond acceptors (Lipinski definition) is 3. The number of amides is 1. The Morgan fingerprint density at radius 1 is 1.13 bits per heavy atom. The van der Waals surface area contributed by atoms with E-state index >= 15 is 0 Å². The summed E-state index contributed by atoms with van der Waals surface area (Å²) < 4.78 is 5.46. The largest absolute Gasteiger partial charge is 0.494 e. The Morgan fingerprint density at radius 2 is 1.91 bits per heavy atom. The highest BCUT2D eigenvalue weighted by Gasteiger charge is 2.03. The Kier molecular flexibility index (Phi) is 7.01. The summed E-state index contributed by atoms with van der Waals surface area (Å²) in [7, 11) is 0. The number of nitrogens with one attached hydrogen (secondary N) is 1. The van der Waals surface area contributed by atoms with E-state index in [4.69, 9.17) is 4.74 Å². The molecule has 0 fully saturated rings. The van der Waals surface area contributed by atoms with Crippen molar-refractivity contribution in [1.29, 1.82) is 0 Å². The molecule has 0 heterocycles. The van der Waals surface area contributed by atoms with Gasteiger partial charge in [-0.1, -0.05) is 42.0 Å². The first kappa shape index (κ1) is 17.4. The fourth-order valence-electron chi connectivity index (χ4n) is 2.11. The zero-order chi connectivity index (χ0) is 16.5. The molecule has 2 rings (SSSR count). The zero-order valence-electron chi connectivity index (χ0n) is 13.7. The van der Waals surface area contributed by atoms with E-state index < -0.39 is 0 Å². The van der Waals surface area contributed by atoms with Crippen molar-refractivity contribution in [3.63, 3.8) is 0 Å². The lowest BCUT2D eigenvalue weighted by Crippen LogP contribution is -2.24. The normalized spacial score (nSPS) is 10.3. The number of carbonyl (C=O) groups is 1. The number of hydrogen-bond donors (Lipinski definition) is 1. The highest BCUT2D eigenvalue weighted by Crippen LogP contribution is 2.14. The molecule has 1 N–H and O–H groups in total. The molecule has 0 spiro atoms. The van der Waals surface area contributed by atoms with Gasteiger partial charge in [-0.2, -0.15) is 0 Å². The van der Waals surface area contributed by atoms with Gasteiger partial charge in [-0.15, -0.1) is 11.8 Å².